The van der Waals surface area contributed by atoms with Crippen molar-refractivity contribution in [2.75, 3.05) is 0 Å². The van der Waals surface area contributed by atoms with Gasteiger partial charge in [0.05, 0.1) is 5.41 Å². The van der Waals surface area contributed by atoms with Crippen LogP contribution in [0.1, 0.15) is 24.0 Å². The molecule has 0 amide bonds. The first-order valence-corrected chi connectivity index (χ1v) is 4.56. The van der Waals surface area contributed by atoms with Gasteiger partial charge in [-0.2, -0.15) is 0 Å². The Hall–Kier alpha value is -1.38. The van der Waals surface area contributed by atoms with Crippen LogP contribution >= 0.6 is 0 Å². The molecule has 1 aliphatic carbocycles. The molecule has 1 aliphatic rings. The molecule has 0 atom stereocenters. The number of carbonyl (C=O) groups is 1. The van der Waals surface area contributed by atoms with Crippen molar-refractivity contribution in [2.24, 2.45) is 0 Å². The molecule has 0 spiro atoms. The van der Waals surface area contributed by atoms with Crippen LogP contribution in [0.4, 0.5) is 4.39 Å². The summed E-state index contributed by atoms with van der Waals surface area (Å²) in [5.74, 6) is -1.17. The Bertz CT molecular complexity index is 394. The highest BCUT2D eigenvalue weighted by Crippen LogP contribution is 2.48. The van der Waals surface area contributed by atoms with Crippen molar-refractivity contribution >= 4 is 5.97 Å². The highest BCUT2D eigenvalue weighted by molar-refractivity contribution is 5.84. The van der Waals surface area contributed by atoms with Crippen LogP contribution in [0.5, 0.6) is 0 Å². The molecule has 0 aliphatic heterocycles. The van der Waals surface area contributed by atoms with Crippen molar-refractivity contribution in [2.45, 2.75) is 25.2 Å². The first-order chi connectivity index (χ1) is 6.56. The average Bonchev–Trinajstić information content (AvgIpc) is 2.90. The first-order valence-electron chi connectivity index (χ1n) is 4.56. The zero-order valence-corrected chi connectivity index (χ0v) is 7.88. The molecule has 0 heterocycles. The van der Waals surface area contributed by atoms with E-state index < -0.39 is 11.4 Å². The molecule has 1 aromatic rings. The summed E-state index contributed by atoms with van der Waals surface area (Å²) < 4.78 is 13.2. The quantitative estimate of drug-likeness (QED) is 0.784. The van der Waals surface area contributed by atoms with Crippen molar-refractivity contribution in [1.82, 2.24) is 0 Å². The molecule has 0 bridgehead atoms. The van der Waals surface area contributed by atoms with Crippen LogP contribution < -0.4 is 0 Å². The number of aryl methyl sites for hydroxylation is 1. The number of benzene rings is 1. The highest BCUT2D eigenvalue weighted by atomic mass is 19.1. The Morgan fingerprint density at radius 2 is 2.14 bits per heavy atom. The summed E-state index contributed by atoms with van der Waals surface area (Å²) >= 11 is 0. The lowest BCUT2D eigenvalue weighted by molar-refractivity contribution is -0.140. The SMILES string of the molecule is Cc1ccc(C2(C(=O)O)CC2)cc1F. The van der Waals surface area contributed by atoms with Crippen LogP contribution in [0.3, 0.4) is 0 Å². The monoisotopic (exact) mass is 194 g/mol. The van der Waals surface area contributed by atoms with Gasteiger partial charge in [0.25, 0.3) is 0 Å². The molecular formula is C11H11FO2. The maximum absolute atomic E-state index is 13.2. The number of carboxylic acids is 1. The maximum Gasteiger partial charge on any atom is 0.314 e. The topological polar surface area (TPSA) is 37.3 Å². The summed E-state index contributed by atoms with van der Waals surface area (Å²) in [5, 5.41) is 8.99. The summed E-state index contributed by atoms with van der Waals surface area (Å²) in [5.41, 5.74) is 0.345. The minimum atomic E-state index is -0.847. The molecule has 2 nitrogen and oxygen atoms in total. The van der Waals surface area contributed by atoms with Gasteiger partial charge in [-0.3, -0.25) is 4.79 Å². The highest BCUT2D eigenvalue weighted by Gasteiger charge is 2.51. The second kappa shape index (κ2) is 2.80. The van der Waals surface area contributed by atoms with E-state index in [4.69, 9.17) is 5.11 Å². The van der Waals surface area contributed by atoms with Gasteiger partial charge >= 0.3 is 5.97 Å². The Morgan fingerprint density at radius 3 is 2.57 bits per heavy atom. The molecule has 1 aromatic carbocycles. The number of halogens is 1. The van der Waals surface area contributed by atoms with E-state index >= 15 is 0 Å². The maximum atomic E-state index is 13.2. The molecule has 1 saturated carbocycles. The number of rotatable bonds is 2. The van der Waals surface area contributed by atoms with Crippen LogP contribution in [0.2, 0.25) is 0 Å². The van der Waals surface area contributed by atoms with Crippen LogP contribution in [0, 0.1) is 12.7 Å². The van der Waals surface area contributed by atoms with Gasteiger partial charge in [0.15, 0.2) is 0 Å². The van der Waals surface area contributed by atoms with Crippen molar-refractivity contribution in [3.63, 3.8) is 0 Å². The molecule has 2 rings (SSSR count). The molecular weight excluding hydrogens is 183 g/mol. The summed E-state index contributed by atoms with van der Waals surface area (Å²) in [6.45, 7) is 1.67. The molecule has 3 heteroatoms. The third-order valence-electron chi connectivity index (χ3n) is 2.88. The van der Waals surface area contributed by atoms with Crippen molar-refractivity contribution in [3.05, 3.63) is 35.1 Å². The molecule has 0 aromatic heterocycles. The summed E-state index contributed by atoms with van der Waals surface area (Å²) in [6, 6.07) is 4.68. The van der Waals surface area contributed by atoms with Gasteiger partial charge in [-0.1, -0.05) is 12.1 Å². The predicted molar refractivity (Wildman–Crippen MR) is 49.7 cm³/mol. The van der Waals surface area contributed by atoms with E-state index in [0.29, 0.717) is 24.0 Å². The smallest absolute Gasteiger partial charge is 0.314 e. The molecule has 1 N–H and O–H groups in total. The second-order valence-electron chi connectivity index (χ2n) is 3.85. The number of aliphatic carboxylic acids is 1. The van der Waals surface area contributed by atoms with Crippen LogP contribution in [-0.2, 0) is 10.2 Å². The number of hydrogen-bond donors (Lipinski definition) is 1. The van der Waals surface area contributed by atoms with E-state index in [9.17, 15) is 9.18 Å². The van der Waals surface area contributed by atoms with Crippen molar-refractivity contribution in [3.8, 4) is 0 Å². The first kappa shape index (κ1) is 9.19. The predicted octanol–water partition coefficient (Wildman–Crippen LogP) is 2.25. The van der Waals surface area contributed by atoms with E-state index in [2.05, 4.69) is 0 Å². The largest absolute Gasteiger partial charge is 0.481 e. The normalized spacial score (nSPS) is 17.9. The third kappa shape index (κ3) is 1.20. The fourth-order valence-corrected chi connectivity index (χ4v) is 1.64. The number of carboxylic acid groups (broad SMARTS) is 1. The lowest BCUT2D eigenvalue weighted by atomic mass is 9.95. The lowest BCUT2D eigenvalue weighted by Crippen LogP contribution is -2.19. The average molecular weight is 194 g/mol. The molecule has 1 fully saturated rings. The molecule has 14 heavy (non-hydrogen) atoms. The van der Waals surface area contributed by atoms with E-state index in [1.807, 2.05) is 0 Å². The van der Waals surface area contributed by atoms with Crippen LogP contribution in [0.25, 0.3) is 0 Å². The molecule has 0 radical (unpaired) electrons. The van der Waals surface area contributed by atoms with Crippen LogP contribution in [0.15, 0.2) is 18.2 Å². The zero-order chi connectivity index (χ0) is 10.3. The van der Waals surface area contributed by atoms with Crippen LogP contribution in [-0.4, -0.2) is 11.1 Å². The minimum Gasteiger partial charge on any atom is -0.481 e. The van der Waals surface area contributed by atoms with E-state index in [-0.39, 0.29) is 5.82 Å². The van der Waals surface area contributed by atoms with Gasteiger partial charge in [0.2, 0.25) is 0 Å². The fraction of sp³-hybridized carbons (Fsp3) is 0.364. The van der Waals surface area contributed by atoms with Gasteiger partial charge in [0, 0.05) is 0 Å². The summed E-state index contributed by atoms with van der Waals surface area (Å²) in [7, 11) is 0. The van der Waals surface area contributed by atoms with Gasteiger partial charge in [0.1, 0.15) is 5.82 Å². The van der Waals surface area contributed by atoms with Gasteiger partial charge in [-0.15, -0.1) is 0 Å². The lowest BCUT2D eigenvalue weighted by Gasteiger charge is -2.10. The van der Waals surface area contributed by atoms with E-state index in [0.717, 1.165) is 0 Å². The van der Waals surface area contributed by atoms with Gasteiger partial charge < -0.3 is 5.11 Å². The van der Waals surface area contributed by atoms with Gasteiger partial charge in [-0.25, -0.2) is 4.39 Å². The Morgan fingerprint density at radius 1 is 1.50 bits per heavy atom. The second-order valence-corrected chi connectivity index (χ2v) is 3.85. The van der Waals surface area contributed by atoms with E-state index in [1.165, 1.54) is 6.07 Å². The van der Waals surface area contributed by atoms with Crippen molar-refractivity contribution in [1.29, 1.82) is 0 Å². The Kier molecular flexibility index (Phi) is 1.84. The third-order valence-corrected chi connectivity index (χ3v) is 2.88. The zero-order valence-electron chi connectivity index (χ0n) is 7.88. The minimum absolute atomic E-state index is 0.324. The molecule has 0 unspecified atom stereocenters. The van der Waals surface area contributed by atoms with Gasteiger partial charge in [-0.05, 0) is 37.0 Å². The molecule has 74 valence electrons. The Labute approximate surface area is 81.4 Å². The fourth-order valence-electron chi connectivity index (χ4n) is 1.64. The Balaban J connectivity index is 2.43. The van der Waals surface area contributed by atoms with Crippen molar-refractivity contribution < 1.29 is 14.3 Å². The molecule has 0 saturated heterocycles. The summed E-state index contributed by atoms with van der Waals surface area (Å²) in [6.07, 6.45) is 1.23. The van der Waals surface area contributed by atoms with E-state index in [1.54, 1.807) is 19.1 Å². The standard InChI is InChI=1S/C11H11FO2/c1-7-2-3-8(6-9(7)12)11(4-5-11)10(13)14/h2-3,6H,4-5H2,1H3,(H,13,14). The summed E-state index contributed by atoms with van der Waals surface area (Å²) in [4.78, 5) is 11.0. The number of hydrogen-bond acceptors (Lipinski definition) is 1.